The first-order chi connectivity index (χ1) is 16.4. The molecule has 8 heteroatoms. The van der Waals surface area contributed by atoms with E-state index >= 15 is 0 Å². The predicted molar refractivity (Wildman–Crippen MR) is 132 cm³/mol. The molecule has 0 saturated carbocycles. The summed E-state index contributed by atoms with van der Waals surface area (Å²) in [6.07, 6.45) is 3.71. The first kappa shape index (κ1) is 23.7. The third-order valence-electron chi connectivity index (χ3n) is 5.75. The molecule has 1 aliphatic rings. The van der Waals surface area contributed by atoms with Gasteiger partial charge in [-0.1, -0.05) is 49.2 Å². The molecule has 176 valence electrons. The van der Waals surface area contributed by atoms with Gasteiger partial charge in [0.1, 0.15) is 0 Å². The van der Waals surface area contributed by atoms with E-state index in [4.69, 9.17) is 0 Å². The van der Waals surface area contributed by atoms with Crippen LogP contribution in [-0.2, 0) is 10.0 Å². The second-order valence-electron chi connectivity index (χ2n) is 8.17. The maximum atomic E-state index is 13.1. The van der Waals surface area contributed by atoms with Crippen LogP contribution in [0.2, 0.25) is 0 Å². The lowest BCUT2D eigenvalue weighted by molar-refractivity contribution is 0.102. The van der Waals surface area contributed by atoms with Crippen LogP contribution >= 0.6 is 0 Å². The minimum absolute atomic E-state index is 0.0946. The van der Waals surface area contributed by atoms with Crippen molar-refractivity contribution in [3.05, 3.63) is 90.0 Å². The van der Waals surface area contributed by atoms with E-state index in [0.717, 1.165) is 25.7 Å². The summed E-state index contributed by atoms with van der Waals surface area (Å²) in [5.41, 5.74) is 1.48. The van der Waals surface area contributed by atoms with Crippen LogP contribution in [0.4, 0.5) is 11.4 Å². The Hall–Kier alpha value is -3.49. The van der Waals surface area contributed by atoms with Crippen LogP contribution in [0.5, 0.6) is 0 Å². The van der Waals surface area contributed by atoms with Crippen LogP contribution in [0, 0.1) is 0 Å². The molecule has 3 aromatic rings. The third-order valence-corrected chi connectivity index (χ3v) is 7.65. The highest BCUT2D eigenvalue weighted by Crippen LogP contribution is 2.23. The number of carbonyl (C=O) groups is 2. The highest BCUT2D eigenvalue weighted by Gasteiger charge is 2.26. The lowest BCUT2D eigenvalue weighted by atomic mass is 10.1. The minimum Gasteiger partial charge on any atom is -0.322 e. The molecule has 1 aliphatic heterocycles. The molecule has 0 unspecified atom stereocenters. The van der Waals surface area contributed by atoms with Crippen LogP contribution in [0.15, 0.2) is 83.8 Å². The van der Waals surface area contributed by atoms with Crippen LogP contribution < -0.4 is 10.6 Å². The van der Waals surface area contributed by atoms with Gasteiger partial charge in [-0.2, -0.15) is 4.31 Å². The molecule has 0 bridgehead atoms. The molecule has 3 aromatic carbocycles. The SMILES string of the molecule is O=C(Nc1ccccc1C(=O)Nc1ccccc1)c1cccc(S(=O)(=O)N2CCCCCC2)c1. The van der Waals surface area contributed by atoms with Crippen molar-refractivity contribution in [1.29, 1.82) is 0 Å². The molecule has 1 heterocycles. The van der Waals surface area contributed by atoms with Gasteiger partial charge in [-0.25, -0.2) is 8.42 Å². The maximum absolute atomic E-state index is 13.1. The molecule has 2 amide bonds. The number of para-hydroxylation sites is 2. The van der Waals surface area contributed by atoms with E-state index < -0.39 is 15.9 Å². The van der Waals surface area contributed by atoms with Crippen molar-refractivity contribution in [2.45, 2.75) is 30.6 Å². The van der Waals surface area contributed by atoms with Crippen LogP contribution in [0.3, 0.4) is 0 Å². The van der Waals surface area contributed by atoms with Crippen LogP contribution in [0.1, 0.15) is 46.4 Å². The summed E-state index contributed by atoms with van der Waals surface area (Å²) in [4.78, 5) is 25.9. The van der Waals surface area contributed by atoms with Gasteiger partial charge in [0, 0.05) is 24.3 Å². The molecule has 0 radical (unpaired) electrons. The molecule has 2 N–H and O–H groups in total. The quantitative estimate of drug-likeness (QED) is 0.535. The summed E-state index contributed by atoms with van der Waals surface area (Å²) in [5.74, 6) is -0.854. The molecule has 4 rings (SSSR count). The number of hydrogen-bond acceptors (Lipinski definition) is 4. The van der Waals surface area contributed by atoms with Gasteiger partial charge in [-0.15, -0.1) is 0 Å². The molecule has 1 saturated heterocycles. The summed E-state index contributed by atoms with van der Waals surface area (Å²) >= 11 is 0. The fourth-order valence-electron chi connectivity index (χ4n) is 3.93. The Morgan fingerprint density at radius 3 is 2.12 bits per heavy atom. The topological polar surface area (TPSA) is 95.6 Å². The number of benzene rings is 3. The lowest BCUT2D eigenvalue weighted by Crippen LogP contribution is -2.32. The van der Waals surface area contributed by atoms with Gasteiger partial charge in [0.15, 0.2) is 0 Å². The number of hydrogen-bond donors (Lipinski definition) is 2. The number of anilines is 2. The Labute approximate surface area is 199 Å². The van der Waals surface area contributed by atoms with E-state index in [1.165, 1.54) is 16.4 Å². The number of nitrogens with zero attached hydrogens (tertiary/aromatic N) is 1. The summed E-state index contributed by atoms with van der Waals surface area (Å²) in [5, 5.41) is 5.56. The summed E-state index contributed by atoms with van der Waals surface area (Å²) in [6.45, 7) is 0.977. The van der Waals surface area contributed by atoms with Crippen molar-refractivity contribution in [3.63, 3.8) is 0 Å². The molecule has 0 aromatic heterocycles. The fourth-order valence-corrected chi connectivity index (χ4v) is 5.50. The number of sulfonamides is 1. The third kappa shape index (κ3) is 5.52. The van der Waals surface area contributed by atoms with Crippen LogP contribution in [0.25, 0.3) is 0 Å². The summed E-state index contributed by atoms with van der Waals surface area (Å²) in [7, 11) is -3.68. The molecule has 0 atom stereocenters. The van der Waals surface area contributed by atoms with Crippen molar-refractivity contribution < 1.29 is 18.0 Å². The Bertz CT molecular complexity index is 1270. The van der Waals surface area contributed by atoms with Gasteiger partial charge in [0.2, 0.25) is 10.0 Å². The first-order valence-corrected chi connectivity index (χ1v) is 12.8. The lowest BCUT2D eigenvalue weighted by Gasteiger charge is -2.20. The number of rotatable bonds is 6. The van der Waals surface area contributed by atoms with Crippen molar-refractivity contribution in [3.8, 4) is 0 Å². The molecule has 1 fully saturated rings. The highest BCUT2D eigenvalue weighted by atomic mass is 32.2. The first-order valence-electron chi connectivity index (χ1n) is 11.3. The van der Waals surface area contributed by atoms with E-state index in [9.17, 15) is 18.0 Å². The molecule has 7 nitrogen and oxygen atoms in total. The average Bonchev–Trinajstić information content (AvgIpc) is 3.15. The van der Waals surface area contributed by atoms with Gasteiger partial charge in [0.05, 0.1) is 16.1 Å². The van der Waals surface area contributed by atoms with Gasteiger partial charge >= 0.3 is 0 Å². The predicted octanol–water partition coefficient (Wildman–Crippen LogP) is 4.76. The van der Waals surface area contributed by atoms with Crippen molar-refractivity contribution in [2.24, 2.45) is 0 Å². The zero-order valence-corrected chi connectivity index (χ0v) is 19.6. The molecular weight excluding hydrogens is 450 g/mol. The zero-order valence-electron chi connectivity index (χ0n) is 18.7. The normalized spacial score (nSPS) is 14.7. The monoisotopic (exact) mass is 477 g/mol. The van der Waals surface area contributed by atoms with Crippen molar-refractivity contribution in [2.75, 3.05) is 23.7 Å². The van der Waals surface area contributed by atoms with E-state index in [-0.39, 0.29) is 16.4 Å². The van der Waals surface area contributed by atoms with Gasteiger partial charge in [-0.3, -0.25) is 9.59 Å². The molecule has 0 aliphatic carbocycles. The molecule has 0 spiro atoms. The summed E-state index contributed by atoms with van der Waals surface area (Å²) < 4.78 is 27.8. The highest BCUT2D eigenvalue weighted by molar-refractivity contribution is 7.89. The summed E-state index contributed by atoms with van der Waals surface area (Å²) in [6, 6.07) is 21.7. The standard InChI is InChI=1S/C26H27N3O4S/c30-25(20-11-10-14-22(19-20)34(32,33)29-17-8-1-2-9-18-29)28-24-16-7-6-15-23(24)26(31)27-21-12-4-3-5-13-21/h3-7,10-16,19H,1-2,8-9,17-18H2,(H,27,31)(H,28,30). The van der Waals surface area contributed by atoms with E-state index in [1.54, 1.807) is 48.5 Å². The molecular formula is C26H27N3O4S. The van der Waals surface area contributed by atoms with Gasteiger partial charge in [0.25, 0.3) is 11.8 Å². The van der Waals surface area contributed by atoms with Gasteiger partial charge < -0.3 is 10.6 Å². The van der Waals surface area contributed by atoms with Crippen molar-refractivity contribution >= 4 is 33.2 Å². The minimum atomic E-state index is -3.68. The number of carbonyl (C=O) groups excluding carboxylic acids is 2. The second kappa shape index (κ2) is 10.6. The zero-order chi connectivity index (χ0) is 24.0. The van der Waals surface area contributed by atoms with Crippen LogP contribution in [-0.4, -0.2) is 37.6 Å². The van der Waals surface area contributed by atoms with E-state index in [2.05, 4.69) is 10.6 Å². The smallest absolute Gasteiger partial charge is 0.257 e. The van der Waals surface area contributed by atoms with Gasteiger partial charge in [-0.05, 0) is 55.3 Å². The maximum Gasteiger partial charge on any atom is 0.257 e. The molecule has 34 heavy (non-hydrogen) atoms. The Balaban J connectivity index is 1.53. The Morgan fingerprint density at radius 2 is 1.38 bits per heavy atom. The fraction of sp³-hybridized carbons (Fsp3) is 0.231. The van der Waals surface area contributed by atoms with E-state index in [0.29, 0.717) is 30.0 Å². The number of nitrogens with one attached hydrogen (secondary N) is 2. The average molecular weight is 478 g/mol. The largest absolute Gasteiger partial charge is 0.322 e. The Kier molecular flexibility index (Phi) is 7.40. The number of amides is 2. The van der Waals surface area contributed by atoms with E-state index in [1.807, 2.05) is 18.2 Å². The Morgan fingerprint density at radius 1 is 0.706 bits per heavy atom. The van der Waals surface area contributed by atoms with Crippen molar-refractivity contribution in [1.82, 2.24) is 4.31 Å². The second-order valence-corrected chi connectivity index (χ2v) is 10.1.